The van der Waals surface area contributed by atoms with E-state index in [1.807, 2.05) is 19.1 Å². The number of benzene rings is 3. The molecule has 8 heteroatoms. The number of carbonyl (C=O) groups is 1. The monoisotopic (exact) mass is 444 g/mol. The topological polar surface area (TPSA) is 84.5 Å². The Morgan fingerprint density at radius 1 is 0.967 bits per heavy atom. The van der Waals surface area contributed by atoms with Crippen LogP contribution < -0.4 is 14.8 Å². The van der Waals surface area contributed by atoms with Crippen molar-refractivity contribution in [1.82, 2.24) is 0 Å². The summed E-state index contributed by atoms with van der Waals surface area (Å²) in [4.78, 5) is 12.4. The Labute approximate surface area is 180 Å². The lowest BCUT2D eigenvalue weighted by atomic mass is 10.2. The van der Waals surface area contributed by atoms with Crippen LogP contribution in [0.5, 0.6) is 5.75 Å². The highest BCUT2D eigenvalue weighted by molar-refractivity contribution is 7.92. The van der Waals surface area contributed by atoms with Gasteiger partial charge in [0.2, 0.25) is 0 Å². The Morgan fingerprint density at radius 3 is 2.23 bits per heavy atom. The summed E-state index contributed by atoms with van der Waals surface area (Å²) in [6.07, 6.45) is -0.768. The fraction of sp³-hybridized carbons (Fsp3) is 0.136. The molecule has 1 atom stereocenters. The van der Waals surface area contributed by atoms with Crippen molar-refractivity contribution in [2.24, 2.45) is 0 Å². The van der Waals surface area contributed by atoms with E-state index in [0.717, 1.165) is 5.56 Å². The average molecular weight is 445 g/mol. The van der Waals surface area contributed by atoms with Gasteiger partial charge >= 0.3 is 0 Å². The highest BCUT2D eigenvalue weighted by Gasteiger charge is 2.17. The molecule has 0 aliphatic rings. The number of hydrogen-bond donors (Lipinski definition) is 2. The Hall–Kier alpha value is -3.03. The maximum atomic E-state index is 12.5. The van der Waals surface area contributed by atoms with E-state index in [-0.39, 0.29) is 10.8 Å². The molecular weight excluding hydrogens is 424 g/mol. The second kappa shape index (κ2) is 9.19. The molecule has 0 radical (unpaired) electrons. The first-order valence-corrected chi connectivity index (χ1v) is 11.0. The smallest absolute Gasteiger partial charge is 0.265 e. The normalized spacial score (nSPS) is 12.1. The van der Waals surface area contributed by atoms with Gasteiger partial charge in [-0.25, -0.2) is 8.42 Å². The third-order valence-corrected chi connectivity index (χ3v) is 5.85. The molecule has 0 saturated carbocycles. The summed E-state index contributed by atoms with van der Waals surface area (Å²) >= 11 is 5.91. The zero-order chi connectivity index (χ0) is 21.7. The fourth-order valence-corrected chi connectivity index (χ4v) is 3.83. The molecule has 30 heavy (non-hydrogen) atoms. The van der Waals surface area contributed by atoms with Gasteiger partial charge in [-0.3, -0.25) is 9.52 Å². The van der Waals surface area contributed by atoms with E-state index in [1.165, 1.54) is 24.3 Å². The van der Waals surface area contributed by atoms with Gasteiger partial charge in [-0.05, 0) is 68.4 Å². The highest BCUT2D eigenvalue weighted by atomic mass is 35.5. The summed E-state index contributed by atoms with van der Waals surface area (Å²) in [5, 5.41) is 3.21. The predicted octanol–water partition coefficient (Wildman–Crippen LogP) is 4.86. The summed E-state index contributed by atoms with van der Waals surface area (Å²) in [5.74, 6) is 0.108. The minimum Gasteiger partial charge on any atom is -0.481 e. The molecule has 6 nitrogen and oxygen atoms in total. The van der Waals surface area contributed by atoms with Crippen LogP contribution in [0.25, 0.3) is 0 Å². The molecule has 0 unspecified atom stereocenters. The lowest BCUT2D eigenvalue weighted by Gasteiger charge is -2.15. The van der Waals surface area contributed by atoms with Crippen molar-refractivity contribution in [2.75, 3.05) is 10.0 Å². The summed E-state index contributed by atoms with van der Waals surface area (Å²) in [5.41, 5.74) is 1.97. The van der Waals surface area contributed by atoms with Crippen LogP contribution in [-0.4, -0.2) is 20.4 Å². The standard InChI is InChI=1S/C22H21ClN2O4S/c1-15-6-8-19(9-7-15)25-30(27,28)21-12-10-18(11-13-21)24-22(26)16(2)29-20-5-3-4-17(23)14-20/h3-14,16,25H,1-2H3,(H,24,26)/t16-/m1/s1. The number of anilines is 2. The molecule has 156 valence electrons. The number of halogens is 1. The van der Waals surface area contributed by atoms with Crippen LogP contribution in [0.3, 0.4) is 0 Å². The molecule has 2 N–H and O–H groups in total. The second-order valence-corrected chi connectivity index (χ2v) is 8.82. The van der Waals surface area contributed by atoms with Gasteiger partial charge in [0.05, 0.1) is 4.90 Å². The van der Waals surface area contributed by atoms with Gasteiger partial charge in [-0.2, -0.15) is 0 Å². The molecule has 0 spiro atoms. The average Bonchev–Trinajstić information content (AvgIpc) is 2.70. The van der Waals surface area contributed by atoms with Gasteiger partial charge in [0.1, 0.15) is 5.75 Å². The van der Waals surface area contributed by atoms with Crippen LogP contribution in [0.15, 0.2) is 77.7 Å². The lowest BCUT2D eigenvalue weighted by Crippen LogP contribution is -2.30. The van der Waals surface area contributed by atoms with Crippen LogP contribution in [0.1, 0.15) is 12.5 Å². The van der Waals surface area contributed by atoms with Crippen molar-refractivity contribution in [3.05, 3.63) is 83.4 Å². The van der Waals surface area contributed by atoms with Gasteiger partial charge in [0.25, 0.3) is 15.9 Å². The van der Waals surface area contributed by atoms with E-state index in [0.29, 0.717) is 22.1 Å². The van der Waals surface area contributed by atoms with Gasteiger partial charge in [0, 0.05) is 16.4 Å². The van der Waals surface area contributed by atoms with Crippen molar-refractivity contribution < 1.29 is 17.9 Å². The van der Waals surface area contributed by atoms with E-state index in [9.17, 15) is 13.2 Å². The molecule has 0 saturated heterocycles. The van der Waals surface area contributed by atoms with Crippen LogP contribution >= 0.6 is 11.6 Å². The maximum Gasteiger partial charge on any atom is 0.265 e. The number of nitrogens with one attached hydrogen (secondary N) is 2. The number of carbonyl (C=O) groups excluding carboxylic acids is 1. The largest absolute Gasteiger partial charge is 0.481 e. The van der Waals surface area contributed by atoms with Crippen molar-refractivity contribution in [3.8, 4) is 5.75 Å². The first-order chi connectivity index (χ1) is 14.2. The Kier molecular flexibility index (Phi) is 6.64. The first-order valence-electron chi connectivity index (χ1n) is 9.15. The Balaban J connectivity index is 1.63. The van der Waals surface area contributed by atoms with Crippen molar-refractivity contribution >= 4 is 38.9 Å². The van der Waals surface area contributed by atoms with Crippen molar-refractivity contribution in [3.63, 3.8) is 0 Å². The molecule has 0 aromatic heterocycles. The summed E-state index contributed by atoms with van der Waals surface area (Å²) in [6.45, 7) is 3.53. The number of ether oxygens (including phenoxy) is 1. The molecule has 0 bridgehead atoms. The predicted molar refractivity (Wildman–Crippen MR) is 119 cm³/mol. The quantitative estimate of drug-likeness (QED) is 0.545. The molecule has 3 aromatic carbocycles. The summed E-state index contributed by atoms with van der Waals surface area (Å²) in [6, 6.07) is 19.7. The zero-order valence-electron chi connectivity index (χ0n) is 16.4. The number of sulfonamides is 1. The van der Waals surface area contributed by atoms with Crippen LogP contribution in [0.2, 0.25) is 5.02 Å². The van der Waals surface area contributed by atoms with Crippen molar-refractivity contribution in [1.29, 1.82) is 0 Å². The third kappa shape index (κ3) is 5.75. The third-order valence-electron chi connectivity index (χ3n) is 4.21. The molecular formula is C22H21ClN2O4S. The van der Waals surface area contributed by atoms with Crippen molar-refractivity contribution in [2.45, 2.75) is 24.8 Å². The minimum atomic E-state index is -3.73. The van der Waals surface area contributed by atoms with E-state index in [2.05, 4.69) is 10.0 Å². The highest BCUT2D eigenvalue weighted by Crippen LogP contribution is 2.20. The fourth-order valence-electron chi connectivity index (χ4n) is 2.59. The minimum absolute atomic E-state index is 0.0873. The van der Waals surface area contributed by atoms with Gasteiger partial charge < -0.3 is 10.1 Å². The van der Waals surface area contributed by atoms with Crippen LogP contribution in [-0.2, 0) is 14.8 Å². The van der Waals surface area contributed by atoms with E-state index in [4.69, 9.17) is 16.3 Å². The molecule has 0 fully saturated rings. The van der Waals surface area contributed by atoms with Crippen LogP contribution in [0.4, 0.5) is 11.4 Å². The zero-order valence-corrected chi connectivity index (χ0v) is 18.0. The first kappa shape index (κ1) is 21.7. The summed E-state index contributed by atoms with van der Waals surface area (Å²) in [7, 11) is -3.73. The number of rotatable bonds is 7. The maximum absolute atomic E-state index is 12.5. The molecule has 0 heterocycles. The van der Waals surface area contributed by atoms with Crippen LogP contribution in [0, 0.1) is 6.92 Å². The molecule has 0 aliphatic heterocycles. The van der Waals surface area contributed by atoms with E-state index < -0.39 is 16.1 Å². The van der Waals surface area contributed by atoms with E-state index >= 15 is 0 Å². The lowest BCUT2D eigenvalue weighted by molar-refractivity contribution is -0.122. The van der Waals surface area contributed by atoms with Gasteiger partial charge in [-0.1, -0.05) is 35.4 Å². The SMILES string of the molecule is Cc1ccc(NS(=O)(=O)c2ccc(NC(=O)[C@@H](C)Oc3cccc(Cl)c3)cc2)cc1. The summed E-state index contributed by atoms with van der Waals surface area (Å²) < 4.78 is 33.2. The van der Waals surface area contributed by atoms with E-state index in [1.54, 1.807) is 43.3 Å². The number of hydrogen-bond acceptors (Lipinski definition) is 4. The molecule has 1 amide bonds. The van der Waals surface area contributed by atoms with Gasteiger partial charge in [0.15, 0.2) is 6.10 Å². The molecule has 3 rings (SSSR count). The Morgan fingerprint density at radius 2 is 1.60 bits per heavy atom. The second-order valence-electron chi connectivity index (χ2n) is 6.70. The van der Waals surface area contributed by atoms with Gasteiger partial charge in [-0.15, -0.1) is 0 Å². The number of aryl methyl sites for hydroxylation is 1. The molecule has 0 aliphatic carbocycles. The molecule has 3 aromatic rings. The number of amides is 1. The Bertz CT molecular complexity index is 1130.